The lowest BCUT2D eigenvalue weighted by molar-refractivity contribution is -0.0754. The van der Waals surface area contributed by atoms with Crippen molar-refractivity contribution in [1.29, 1.82) is 0 Å². The smallest absolute Gasteiger partial charge is 0.159 e. The molecule has 3 rings (SSSR count). The molecule has 0 bridgehead atoms. The minimum Gasteiger partial charge on any atom is -0.314 e. The van der Waals surface area contributed by atoms with E-state index in [1.165, 1.54) is 0 Å². The summed E-state index contributed by atoms with van der Waals surface area (Å²) in [6.07, 6.45) is 1.84. The zero-order valence-electron chi connectivity index (χ0n) is 9.98. The Morgan fingerprint density at radius 1 is 1.33 bits per heavy atom. The quantitative estimate of drug-likeness (QED) is 0.800. The molecule has 92 valence electrons. The summed E-state index contributed by atoms with van der Waals surface area (Å²) in [5.74, 6) is 1.49. The van der Waals surface area contributed by atoms with Gasteiger partial charge in [-0.1, -0.05) is 18.2 Å². The molecule has 1 aromatic carbocycles. The number of benzene rings is 1. The Bertz CT molecular complexity index is 602. The first-order valence-electron chi connectivity index (χ1n) is 5.68. The number of para-hydroxylation sites is 1. The van der Waals surface area contributed by atoms with E-state index in [1.54, 1.807) is 7.05 Å². The third kappa shape index (κ3) is 1.81. The van der Waals surface area contributed by atoms with Crippen LogP contribution in [0.5, 0.6) is 0 Å². The van der Waals surface area contributed by atoms with E-state index in [2.05, 4.69) is 15.2 Å². The number of rotatable bonds is 2. The molecule has 0 spiro atoms. The Kier molecular flexibility index (Phi) is 2.66. The molecule has 1 aromatic heterocycles. The SMILES string of the molecule is CN(O)Cc1nnc2n1-c1ccccc1C=NC2. The van der Waals surface area contributed by atoms with Crippen molar-refractivity contribution in [3.8, 4) is 5.69 Å². The van der Waals surface area contributed by atoms with Crippen molar-refractivity contribution in [3.63, 3.8) is 0 Å². The Labute approximate surface area is 104 Å². The molecule has 0 radical (unpaired) electrons. The van der Waals surface area contributed by atoms with E-state index < -0.39 is 0 Å². The molecule has 0 saturated carbocycles. The van der Waals surface area contributed by atoms with Crippen molar-refractivity contribution < 1.29 is 5.21 Å². The number of hydrogen-bond donors (Lipinski definition) is 1. The van der Waals surface area contributed by atoms with Gasteiger partial charge < -0.3 is 5.21 Å². The maximum absolute atomic E-state index is 9.37. The van der Waals surface area contributed by atoms with Crippen molar-refractivity contribution >= 4 is 6.21 Å². The van der Waals surface area contributed by atoms with E-state index in [9.17, 15) is 5.21 Å². The first kappa shape index (κ1) is 11.1. The van der Waals surface area contributed by atoms with E-state index in [1.807, 2.05) is 35.0 Å². The van der Waals surface area contributed by atoms with Gasteiger partial charge in [0.05, 0.1) is 18.8 Å². The second-order valence-electron chi connectivity index (χ2n) is 4.21. The van der Waals surface area contributed by atoms with E-state index in [-0.39, 0.29) is 0 Å². The van der Waals surface area contributed by atoms with Crippen LogP contribution in [0.3, 0.4) is 0 Å². The van der Waals surface area contributed by atoms with Gasteiger partial charge in [-0.25, -0.2) is 0 Å². The Morgan fingerprint density at radius 3 is 3.00 bits per heavy atom. The van der Waals surface area contributed by atoms with E-state index >= 15 is 0 Å². The van der Waals surface area contributed by atoms with E-state index in [0.29, 0.717) is 18.9 Å². The Balaban J connectivity index is 2.18. The molecule has 0 unspecified atom stereocenters. The first-order chi connectivity index (χ1) is 8.75. The third-order valence-electron chi connectivity index (χ3n) is 2.81. The van der Waals surface area contributed by atoms with Crippen LogP contribution in [0.4, 0.5) is 0 Å². The van der Waals surface area contributed by atoms with E-state index in [0.717, 1.165) is 22.1 Å². The molecule has 0 atom stereocenters. The molecular formula is C12H13N5O. The molecule has 18 heavy (non-hydrogen) atoms. The summed E-state index contributed by atoms with van der Waals surface area (Å²) < 4.78 is 1.95. The van der Waals surface area contributed by atoms with Crippen LogP contribution in [0.1, 0.15) is 17.2 Å². The number of hydrogen-bond acceptors (Lipinski definition) is 5. The average Bonchev–Trinajstić information content (AvgIpc) is 2.63. The summed E-state index contributed by atoms with van der Waals surface area (Å²) in [4.78, 5) is 4.32. The van der Waals surface area contributed by atoms with Crippen LogP contribution in [0.15, 0.2) is 29.3 Å². The van der Waals surface area contributed by atoms with Gasteiger partial charge in [-0.2, -0.15) is 5.06 Å². The van der Waals surface area contributed by atoms with E-state index in [4.69, 9.17) is 0 Å². The number of aliphatic imine (C=N–C) groups is 1. The highest BCUT2D eigenvalue weighted by molar-refractivity contribution is 5.85. The lowest BCUT2D eigenvalue weighted by Gasteiger charge is -2.12. The van der Waals surface area contributed by atoms with Gasteiger partial charge in [0.15, 0.2) is 11.6 Å². The highest BCUT2D eigenvalue weighted by atomic mass is 16.5. The Morgan fingerprint density at radius 2 is 2.17 bits per heavy atom. The van der Waals surface area contributed by atoms with Crippen LogP contribution in [-0.4, -0.2) is 38.3 Å². The molecule has 6 heteroatoms. The molecular weight excluding hydrogens is 230 g/mol. The summed E-state index contributed by atoms with van der Waals surface area (Å²) in [5, 5.41) is 18.7. The highest BCUT2D eigenvalue weighted by Gasteiger charge is 2.18. The van der Waals surface area contributed by atoms with Gasteiger partial charge in [-0.05, 0) is 6.07 Å². The zero-order valence-corrected chi connectivity index (χ0v) is 9.98. The molecule has 2 aromatic rings. The third-order valence-corrected chi connectivity index (χ3v) is 2.81. The van der Waals surface area contributed by atoms with Gasteiger partial charge in [-0.15, -0.1) is 10.2 Å². The number of aromatic nitrogens is 3. The van der Waals surface area contributed by atoms with Gasteiger partial charge in [0.1, 0.15) is 0 Å². The summed E-state index contributed by atoms with van der Waals surface area (Å²) in [6, 6.07) is 7.94. The van der Waals surface area contributed by atoms with Gasteiger partial charge in [0.25, 0.3) is 0 Å². The monoisotopic (exact) mass is 243 g/mol. The second-order valence-corrected chi connectivity index (χ2v) is 4.21. The maximum atomic E-state index is 9.37. The first-order valence-corrected chi connectivity index (χ1v) is 5.68. The normalized spacial score (nSPS) is 13.3. The molecule has 0 amide bonds. The topological polar surface area (TPSA) is 66.5 Å². The minimum absolute atomic E-state index is 0.321. The maximum Gasteiger partial charge on any atom is 0.159 e. The van der Waals surface area contributed by atoms with Gasteiger partial charge >= 0.3 is 0 Å². The van der Waals surface area contributed by atoms with Gasteiger partial charge in [0, 0.05) is 18.8 Å². The largest absolute Gasteiger partial charge is 0.314 e. The standard InChI is InChI=1S/C12H13N5O/c1-16(18)8-12-15-14-11-7-13-6-9-4-2-3-5-10(9)17(11)12/h2-6,18H,7-8H2,1H3. The number of hydroxylamine groups is 2. The summed E-state index contributed by atoms with van der Waals surface area (Å²) in [7, 11) is 1.58. The predicted octanol–water partition coefficient (Wildman–Crippen LogP) is 1.02. The van der Waals surface area contributed by atoms with Crippen molar-refractivity contribution in [3.05, 3.63) is 41.5 Å². The Hall–Kier alpha value is -2.05. The van der Waals surface area contributed by atoms with Crippen LogP contribution < -0.4 is 0 Å². The number of nitrogens with zero attached hydrogens (tertiary/aromatic N) is 5. The molecule has 6 nitrogen and oxygen atoms in total. The molecule has 0 saturated heterocycles. The molecule has 0 fully saturated rings. The number of fused-ring (bicyclic) bond motifs is 3. The predicted molar refractivity (Wildman–Crippen MR) is 65.9 cm³/mol. The molecule has 1 aliphatic rings. The highest BCUT2D eigenvalue weighted by Crippen LogP contribution is 2.20. The summed E-state index contributed by atoms with van der Waals surface area (Å²) in [5.41, 5.74) is 2.02. The van der Waals surface area contributed by atoms with Crippen molar-refractivity contribution in [2.45, 2.75) is 13.1 Å². The second kappa shape index (κ2) is 4.32. The lowest BCUT2D eigenvalue weighted by atomic mass is 10.2. The fraction of sp³-hybridized carbons (Fsp3) is 0.250. The van der Waals surface area contributed by atoms with Crippen LogP contribution in [-0.2, 0) is 13.1 Å². The van der Waals surface area contributed by atoms with Crippen LogP contribution >= 0.6 is 0 Å². The summed E-state index contributed by atoms with van der Waals surface area (Å²) >= 11 is 0. The molecule has 0 aliphatic carbocycles. The lowest BCUT2D eigenvalue weighted by Crippen LogP contribution is -2.16. The minimum atomic E-state index is 0.321. The summed E-state index contributed by atoms with van der Waals surface area (Å²) in [6.45, 7) is 0.818. The van der Waals surface area contributed by atoms with Gasteiger partial charge in [0.2, 0.25) is 0 Å². The van der Waals surface area contributed by atoms with Crippen LogP contribution in [0.25, 0.3) is 5.69 Å². The van der Waals surface area contributed by atoms with Crippen molar-refractivity contribution in [1.82, 2.24) is 19.8 Å². The van der Waals surface area contributed by atoms with Crippen LogP contribution in [0.2, 0.25) is 0 Å². The van der Waals surface area contributed by atoms with Crippen molar-refractivity contribution in [2.24, 2.45) is 4.99 Å². The fourth-order valence-corrected chi connectivity index (χ4v) is 2.07. The van der Waals surface area contributed by atoms with Crippen LogP contribution in [0, 0.1) is 0 Å². The molecule has 2 heterocycles. The molecule has 1 N–H and O–H groups in total. The average molecular weight is 243 g/mol. The zero-order chi connectivity index (χ0) is 12.5. The fourth-order valence-electron chi connectivity index (χ4n) is 2.07. The van der Waals surface area contributed by atoms with Crippen molar-refractivity contribution in [2.75, 3.05) is 7.05 Å². The molecule has 1 aliphatic heterocycles. The van der Waals surface area contributed by atoms with Gasteiger partial charge in [-0.3, -0.25) is 9.56 Å².